The van der Waals surface area contributed by atoms with E-state index in [-0.39, 0.29) is 31.2 Å². The molecule has 0 aliphatic carbocycles. The average molecular weight is 500 g/mol. The van der Waals surface area contributed by atoms with Crippen LogP contribution < -0.4 is 14.2 Å². The van der Waals surface area contributed by atoms with Crippen molar-refractivity contribution in [3.8, 4) is 11.5 Å². The maximum atomic E-state index is 13.3. The third-order valence-electron chi connectivity index (χ3n) is 7.45. The fourth-order valence-corrected chi connectivity index (χ4v) is 8.32. The Morgan fingerprint density at radius 1 is 1.09 bits per heavy atom. The predicted octanol–water partition coefficient (Wildman–Crippen LogP) is 1.46. The standard InChI is InChI=1S/C22H33N3O6S2/c1-32(26,27)23-7-2-3-10-33(28,29)25-8-4-5-17-14-24-9-6-16-11-21-22(31-15-30-21)12-18(16)20(24)13-19(17)25/h11-12,17,19-20,23H,2-10,13-15H2,1H3/t17-,19+,20-/m0/s1. The second kappa shape index (κ2) is 8.99. The van der Waals surface area contributed by atoms with Crippen molar-refractivity contribution < 1.29 is 26.3 Å². The first-order chi connectivity index (χ1) is 15.7. The number of sulfonamides is 2. The number of fused-ring (bicyclic) bond motifs is 5. The molecule has 0 aromatic heterocycles. The molecule has 2 fully saturated rings. The van der Waals surface area contributed by atoms with Crippen molar-refractivity contribution in [2.45, 2.75) is 50.6 Å². The first-order valence-corrected chi connectivity index (χ1v) is 15.3. The lowest BCUT2D eigenvalue weighted by atomic mass is 9.77. The second-order valence-electron chi connectivity index (χ2n) is 9.67. The molecule has 4 aliphatic heterocycles. The largest absolute Gasteiger partial charge is 0.454 e. The average Bonchev–Trinajstić information content (AvgIpc) is 3.22. The highest BCUT2D eigenvalue weighted by Gasteiger charge is 2.46. The van der Waals surface area contributed by atoms with Gasteiger partial charge in [0.05, 0.1) is 12.0 Å². The summed E-state index contributed by atoms with van der Waals surface area (Å²) in [6.07, 6.45) is 5.79. The van der Waals surface area contributed by atoms with E-state index in [0.29, 0.717) is 25.3 Å². The van der Waals surface area contributed by atoms with Gasteiger partial charge in [-0.1, -0.05) is 0 Å². The molecule has 11 heteroatoms. The smallest absolute Gasteiger partial charge is 0.231 e. The number of ether oxygens (including phenoxy) is 2. The quantitative estimate of drug-likeness (QED) is 0.566. The van der Waals surface area contributed by atoms with Crippen molar-refractivity contribution in [3.63, 3.8) is 0 Å². The topological polar surface area (TPSA) is 105 Å². The molecule has 4 aliphatic rings. The van der Waals surface area contributed by atoms with Gasteiger partial charge in [-0.15, -0.1) is 0 Å². The number of rotatable bonds is 7. The zero-order valence-corrected chi connectivity index (χ0v) is 20.7. The Hall–Kier alpha value is -1.40. The molecular formula is C22H33N3O6S2. The first-order valence-electron chi connectivity index (χ1n) is 11.8. The molecule has 5 rings (SSSR count). The molecule has 33 heavy (non-hydrogen) atoms. The Kier molecular flexibility index (Phi) is 6.36. The van der Waals surface area contributed by atoms with Crippen molar-refractivity contribution in [3.05, 3.63) is 23.3 Å². The molecule has 0 saturated carbocycles. The maximum absolute atomic E-state index is 13.3. The van der Waals surface area contributed by atoms with Crippen LogP contribution in [0.15, 0.2) is 12.1 Å². The van der Waals surface area contributed by atoms with Crippen LogP contribution in [0.5, 0.6) is 11.5 Å². The molecule has 0 radical (unpaired) electrons. The highest BCUT2D eigenvalue weighted by Crippen LogP contribution is 2.46. The van der Waals surface area contributed by atoms with Crippen LogP contribution in [0.1, 0.15) is 49.3 Å². The van der Waals surface area contributed by atoms with Crippen LogP contribution in [-0.4, -0.2) is 77.1 Å². The van der Waals surface area contributed by atoms with Crippen LogP contribution >= 0.6 is 0 Å². The number of piperidine rings is 2. The summed E-state index contributed by atoms with van der Waals surface area (Å²) in [5.41, 5.74) is 2.53. The zero-order valence-electron chi connectivity index (χ0n) is 19.0. The van der Waals surface area contributed by atoms with Crippen molar-refractivity contribution in [2.75, 3.05) is 45.0 Å². The van der Waals surface area contributed by atoms with E-state index < -0.39 is 20.0 Å². The van der Waals surface area contributed by atoms with Crippen molar-refractivity contribution in [2.24, 2.45) is 5.92 Å². The van der Waals surface area contributed by atoms with Crippen molar-refractivity contribution >= 4 is 20.0 Å². The zero-order chi connectivity index (χ0) is 23.2. The van der Waals surface area contributed by atoms with Gasteiger partial charge in [-0.2, -0.15) is 4.31 Å². The van der Waals surface area contributed by atoms with Gasteiger partial charge in [0.2, 0.25) is 26.8 Å². The van der Waals surface area contributed by atoms with Gasteiger partial charge in [0, 0.05) is 38.3 Å². The van der Waals surface area contributed by atoms with E-state index in [0.717, 1.165) is 56.5 Å². The third kappa shape index (κ3) is 4.88. The molecule has 1 aromatic rings. The van der Waals surface area contributed by atoms with E-state index in [1.54, 1.807) is 4.31 Å². The minimum absolute atomic E-state index is 0.00974. The Bertz CT molecular complexity index is 1110. The Morgan fingerprint density at radius 3 is 2.67 bits per heavy atom. The van der Waals surface area contributed by atoms with Crippen molar-refractivity contribution in [1.82, 2.24) is 13.9 Å². The van der Waals surface area contributed by atoms with Gasteiger partial charge in [0.25, 0.3) is 0 Å². The normalized spacial score (nSPS) is 27.6. The number of nitrogens with zero attached hydrogens (tertiary/aromatic N) is 2. The number of hydrogen-bond acceptors (Lipinski definition) is 7. The fourth-order valence-electron chi connectivity index (χ4n) is 5.92. The van der Waals surface area contributed by atoms with Gasteiger partial charge < -0.3 is 9.47 Å². The molecule has 0 bridgehead atoms. The molecule has 3 atom stereocenters. The highest BCUT2D eigenvalue weighted by molar-refractivity contribution is 7.89. The predicted molar refractivity (Wildman–Crippen MR) is 124 cm³/mol. The molecule has 9 nitrogen and oxygen atoms in total. The second-order valence-corrected chi connectivity index (χ2v) is 13.5. The third-order valence-corrected chi connectivity index (χ3v) is 10.2. The minimum atomic E-state index is -3.40. The Labute approximate surface area is 196 Å². The number of hydrogen-bond donors (Lipinski definition) is 1. The number of benzene rings is 1. The van der Waals surface area contributed by atoms with E-state index in [1.165, 1.54) is 11.1 Å². The summed E-state index contributed by atoms with van der Waals surface area (Å²) in [6.45, 7) is 3.01. The molecule has 1 N–H and O–H groups in total. The van der Waals surface area contributed by atoms with Gasteiger partial charge >= 0.3 is 0 Å². The lowest BCUT2D eigenvalue weighted by Crippen LogP contribution is -2.57. The van der Waals surface area contributed by atoms with Crippen LogP contribution in [0.2, 0.25) is 0 Å². The summed E-state index contributed by atoms with van der Waals surface area (Å²) in [6, 6.07) is 4.40. The molecule has 0 amide bonds. The molecule has 0 spiro atoms. The van der Waals surface area contributed by atoms with Gasteiger partial charge in [-0.05, 0) is 67.7 Å². The van der Waals surface area contributed by atoms with Crippen LogP contribution in [0.25, 0.3) is 0 Å². The van der Waals surface area contributed by atoms with E-state index in [1.807, 2.05) is 0 Å². The van der Waals surface area contributed by atoms with Gasteiger partial charge in [0.1, 0.15) is 0 Å². The van der Waals surface area contributed by atoms with E-state index >= 15 is 0 Å². The molecule has 4 heterocycles. The summed E-state index contributed by atoms with van der Waals surface area (Å²) in [4.78, 5) is 2.53. The minimum Gasteiger partial charge on any atom is -0.454 e. The molecular weight excluding hydrogens is 466 g/mol. The monoisotopic (exact) mass is 499 g/mol. The van der Waals surface area contributed by atoms with Crippen LogP contribution in [0, 0.1) is 5.92 Å². The molecule has 0 unspecified atom stereocenters. The summed E-state index contributed by atoms with van der Waals surface area (Å²) >= 11 is 0. The van der Waals surface area contributed by atoms with Gasteiger partial charge in [-0.3, -0.25) is 4.90 Å². The maximum Gasteiger partial charge on any atom is 0.231 e. The summed E-state index contributed by atoms with van der Waals surface area (Å²) in [5.74, 6) is 2.01. The van der Waals surface area contributed by atoms with Crippen LogP contribution in [0.3, 0.4) is 0 Å². The van der Waals surface area contributed by atoms with Crippen LogP contribution in [-0.2, 0) is 26.5 Å². The fraction of sp³-hybridized carbons (Fsp3) is 0.727. The molecule has 184 valence electrons. The van der Waals surface area contributed by atoms with E-state index in [4.69, 9.17) is 9.47 Å². The van der Waals surface area contributed by atoms with Crippen LogP contribution in [0.4, 0.5) is 0 Å². The Balaban J connectivity index is 1.30. The number of nitrogens with one attached hydrogen (secondary N) is 1. The molecule has 1 aromatic carbocycles. The van der Waals surface area contributed by atoms with Gasteiger partial charge in [-0.25, -0.2) is 21.6 Å². The Morgan fingerprint density at radius 2 is 1.88 bits per heavy atom. The number of unbranched alkanes of at least 4 members (excludes halogenated alkanes) is 1. The van der Waals surface area contributed by atoms with E-state index in [9.17, 15) is 16.8 Å². The lowest BCUT2D eigenvalue weighted by Gasteiger charge is -2.51. The first kappa shape index (κ1) is 23.3. The summed E-state index contributed by atoms with van der Waals surface area (Å²) in [5, 5.41) is 0. The van der Waals surface area contributed by atoms with Gasteiger partial charge in [0.15, 0.2) is 11.5 Å². The summed E-state index contributed by atoms with van der Waals surface area (Å²) in [7, 11) is -6.65. The summed E-state index contributed by atoms with van der Waals surface area (Å²) < 4.78 is 64.4. The van der Waals surface area contributed by atoms with E-state index in [2.05, 4.69) is 21.8 Å². The highest BCUT2D eigenvalue weighted by atomic mass is 32.2. The van der Waals surface area contributed by atoms with Crippen molar-refractivity contribution in [1.29, 1.82) is 0 Å². The SMILES string of the molecule is CS(=O)(=O)NCCCCS(=O)(=O)N1CCC[C@H]2CN3CCc4cc5c(cc4[C@@H]3C[C@H]21)OCO5. The molecule has 2 saturated heterocycles. The lowest BCUT2D eigenvalue weighted by molar-refractivity contribution is 0.0219.